The van der Waals surface area contributed by atoms with Gasteiger partial charge in [0.2, 0.25) is 5.95 Å². The quantitative estimate of drug-likeness (QED) is 0.303. The molecule has 204 valence electrons. The second-order valence-corrected chi connectivity index (χ2v) is 10.9. The van der Waals surface area contributed by atoms with Crippen molar-refractivity contribution in [2.24, 2.45) is 5.41 Å². The van der Waals surface area contributed by atoms with Crippen molar-refractivity contribution < 1.29 is 14.7 Å². The van der Waals surface area contributed by atoms with E-state index in [2.05, 4.69) is 36.6 Å². The van der Waals surface area contributed by atoms with Gasteiger partial charge in [-0.25, -0.2) is 19.7 Å². The summed E-state index contributed by atoms with van der Waals surface area (Å²) in [6, 6.07) is 9.28. The number of nitrogens with zero attached hydrogens (tertiary/aromatic N) is 6. The summed E-state index contributed by atoms with van der Waals surface area (Å²) in [5.74, 6) is -0.211. The number of thiazole rings is 1. The number of aliphatic carboxylic acids is 1. The molecule has 1 aliphatic heterocycles. The lowest BCUT2D eigenvalue weighted by atomic mass is 9.80. The van der Waals surface area contributed by atoms with Crippen molar-refractivity contribution in [3.63, 3.8) is 0 Å². The van der Waals surface area contributed by atoms with Gasteiger partial charge in [0, 0.05) is 43.2 Å². The van der Waals surface area contributed by atoms with E-state index < -0.39 is 11.4 Å². The number of urea groups is 1. The Balaban J connectivity index is 1.50. The van der Waals surface area contributed by atoms with Gasteiger partial charge in [0.1, 0.15) is 6.07 Å². The highest BCUT2D eigenvalue weighted by Gasteiger charge is 2.37. The molecular formula is C28H28N8O3S. The number of aromatic nitrogens is 4. The molecule has 4 aromatic rings. The number of hydrogen-bond acceptors (Lipinski definition) is 9. The molecule has 1 fully saturated rings. The molecular weight excluding hydrogens is 528 g/mol. The second kappa shape index (κ2) is 10.9. The number of piperidine rings is 1. The predicted octanol–water partition coefficient (Wildman–Crippen LogP) is 4.83. The summed E-state index contributed by atoms with van der Waals surface area (Å²) in [5.41, 5.74) is 4.18. The number of anilines is 2. The standard InChI is InChI=1S/C28H28N8O3S/c1-4-30-26(39)35-27-34-22-12-18(11-20(23(22)40-27)21-6-5-17(13-29)16(2)33-21)19-14-31-25(32-15-19)36-9-7-28(3,8-10-36)24(37)38/h5-6,11-12,14-15H,4,7-10H2,1-3H3,(H,37,38)(H2,30,34,35,39). The summed E-state index contributed by atoms with van der Waals surface area (Å²) >= 11 is 1.35. The number of nitrogens with one attached hydrogen (secondary N) is 2. The molecule has 5 rings (SSSR count). The SMILES string of the molecule is CCNC(=O)Nc1nc2cc(-c3cnc(N4CCC(C)(C(=O)O)CC4)nc3)cc(-c3ccc(C#N)c(C)n3)c2s1. The third kappa shape index (κ3) is 5.28. The number of carbonyl (C=O) groups excluding carboxylic acids is 1. The molecule has 0 unspecified atom stereocenters. The largest absolute Gasteiger partial charge is 0.481 e. The zero-order valence-corrected chi connectivity index (χ0v) is 23.2. The van der Waals surface area contributed by atoms with Gasteiger partial charge in [-0.15, -0.1) is 0 Å². The van der Waals surface area contributed by atoms with Gasteiger partial charge in [0.05, 0.1) is 32.6 Å². The number of hydrogen-bond donors (Lipinski definition) is 3. The number of aryl methyl sites for hydroxylation is 1. The van der Waals surface area contributed by atoms with Gasteiger partial charge in [-0.1, -0.05) is 11.3 Å². The van der Waals surface area contributed by atoms with E-state index in [1.54, 1.807) is 32.3 Å². The van der Waals surface area contributed by atoms with E-state index in [0.29, 0.717) is 66.0 Å². The minimum Gasteiger partial charge on any atom is -0.481 e. The summed E-state index contributed by atoms with van der Waals surface area (Å²) in [7, 11) is 0. The van der Waals surface area contributed by atoms with Crippen molar-refractivity contribution in [3.8, 4) is 28.5 Å². The Morgan fingerprint density at radius 2 is 1.88 bits per heavy atom. The van der Waals surface area contributed by atoms with E-state index in [4.69, 9.17) is 0 Å². The van der Waals surface area contributed by atoms with Gasteiger partial charge in [0.25, 0.3) is 0 Å². The minimum absolute atomic E-state index is 0.332. The zero-order valence-electron chi connectivity index (χ0n) is 22.4. The van der Waals surface area contributed by atoms with E-state index in [1.807, 2.05) is 30.0 Å². The molecule has 12 heteroatoms. The fraction of sp³-hybridized carbons (Fsp3) is 0.321. The van der Waals surface area contributed by atoms with Crippen LogP contribution < -0.4 is 15.5 Å². The number of amides is 2. The highest BCUT2D eigenvalue weighted by Crippen LogP contribution is 2.39. The lowest BCUT2D eigenvalue weighted by molar-refractivity contribution is -0.149. The molecule has 0 radical (unpaired) electrons. The number of carbonyl (C=O) groups is 2. The summed E-state index contributed by atoms with van der Waals surface area (Å²) < 4.78 is 0.847. The monoisotopic (exact) mass is 556 g/mol. The molecule has 4 heterocycles. The Morgan fingerprint density at radius 1 is 1.15 bits per heavy atom. The van der Waals surface area contributed by atoms with Crippen molar-refractivity contribution in [2.75, 3.05) is 29.9 Å². The predicted molar refractivity (Wildman–Crippen MR) is 153 cm³/mol. The molecule has 1 saturated heterocycles. The number of carboxylic acid groups (broad SMARTS) is 1. The molecule has 40 heavy (non-hydrogen) atoms. The number of nitriles is 1. The fourth-order valence-electron chi connectivity index (χ4n) is 4.62. The zero-order chi connectivity index (χ0) is 28.4. The average Bonchev–Trinajstić information content (AvgIpc) is 3.35. The average molecular weight is 557 g/mol. The van der Waals surface area contributed by atoms with Crippen LogP contribution in [0, 0.1) is 23.7 Å². The van der Waals surface area contributed by atoms with Crippen LogP contribution in [0.3, 0.4) is 0 Å². The van der Waals surface area contributed by atoms with Crippen molar-refractivity contribution in [1.82, 2.24) is 25.3 Å². The van der Waals surface area contributed by atoms with Gasteiger partial charge in [-0.2, -0.15) is 5.26 Å². The van der Waals surface area contributed by atoms with Gasteiger partial charge in [0.15, 0.2) is 5.13 Å². The summed E-state index contributed by atoms with van der Waals surface area (Å²) in [6.45, 7) is 7.05. The highest BCUT2D eigenvalue weighted by atomic mass is 32.1. The van der Waals surface area contributed by atoms with E-state index in [-0.39, 0.29) is 6.03 Å². The third-order valence-electron chi connectivity index (χ3n) is 7.17. The van der Waals surface area contributed by atoms with Crippen LogP contribution in [0.25, 0.3) is 32.6 Å². The van der Waals surface area contributed by atoms with Crippen LogP contribution in [0.5, 0.6) is 0 Å². The summed E-state index contributed by atoms with van der Waals surface area (Å²) in [5, 5.41) is 24.8. The first-order valence-electron chi connectivity index (χ1n) is 12.9. The maximum Gasteiger partial charge on any atom is 0.321 e. The van der Waals surface area contributed by atoms with Crippen molar-refractivity contribution in [3.05, 3.63) is 47.9 Å². The van der Waals surface area contributed by atoms with Crippen molar-refractivity contribution in [2.45, 2.75) is 33.6 Å². The molecule has 1 aliphatic rings. The molecule has 0 spiro atoms. The van der Waals surface area contributed by atoms with Crippen LogP contribution in [0.1, 0.15) is 37.9 Å². The Morgan fingerprint density at radius 3 is 2.50 bits per heavy atom. The molecule has 0 saturated carbocycles. The maximum absolute atomic E-state index is 12.1. The van der Waals surface area contributed by atoms with E-state index in [0.717, 1.165) is 21.4 Å². The fourth-order valence-corrected chi connectivity index (χ4v) is 5.59. The second-order valence-electron chi connectivity index (χ2n) is 9.94. The molecule has 11 nitrogen and oxygen atoms in total. The molecule has 3 aromatic heterocycles. The van der Waals surface area contributed by atoms with Crippen LogP contribution in [-0.4, -0.2) is 56.7 Å². The number of pyridine rings is 1. The minimum atomic E-state index is -0.770. The molecule has 1 aromatic carbocycles. The number of carboxylic acids is 1. The smallest absolute Gasteiger partial charge is 0.321 e. The first-order valence-corrected chi connectivity index (χ1v) is 13.7. The first kappa shape index (κ1) is 27.0. The molecule has 0 bridgehead atoms. The number of fused-ring (bicyclic) bond motifs is 1. The van der Waals surface area contributed by atoms with Crippen molar-refractivity contribution in [1.29, 1.82) is 5.26 Å². The Kier molecular flexibility index (Phi) is 7.32. The van der Waals surface area contributed by atoms with Crippen LogP contribution in [0.15, 0.2) is 36.7 Å². The Labute approximate surface area is 234 Å². The summed E-state index contributed by atoms with van der Waals surface area (Å²) in [6.07, 6.45) is 4.55. The normalized spacial score (nSPS) is 14.5. The maximum atomic E-state index is 12.1. The third-order valence-corrected chi connectivity index (χ3v) is 8.19. The molecule has 2 amide bonds. The van der Waals surface area contributed by atoms with E-state index in [9.17, 15) is 20.0 Å². The number of rotatable bonds is 6. The highest BCUT2D eigenvalue weighted by molar-refractivity contribution is 7.22. The van der Waals surface area contributed by atoms with E-state index >= 15 is 0 Å². The van der Waals surface area contributed by atoms with Gasteiger partial charge in [-0.3, -0.25) is 15.1 Å². The van der Waals surface area contributed by atoms with Gasteiger partial charge in [-0.05, 0) is 63.4 Å². The van der Waals surface area contributed by atoms with Gasteiger partial charge < -0.3 is 15.3 Å². The summed E-state index contributed by atoms with van der Waals surface area (Å²) in [4.78, 5) is 44.2. The van der Waals surface area contributed by atoms with Gasteiger partial charge >= 0.3 is 12.0 Å². The van der Waals surface area contributed by atoms with Crippen LogP contribution in [-0.2, 0) is 4.79 Å². The molecule has 0 atom stereocenters. The van der Waals surface area contributed by atoms with Crippen LogP contribution >= 0.6 is 11.3 Å². The van der Waals surface area contributed by atoms with Crippen LogP contribution in [0.2, 0.25) is 0 Å². The Bertz CT molecular complexity index is 1640. The number of benzene rings is 1. The topological polar surface area (TPSA) is 157 Å². The lowest BCUT2D eigenvalue weighted by Gasteiger charge is -2.36. The van der Waals surface area contributed by atoms with Crippen molar-refractivity contribution >= 4 is 44.6 Å². The van der Waals surface area contributed by atoms with Crippen LogP contribution in [0.4, 0.5) is 15.9 Å². The van der Waals surface area contributed by atoms with E-state index in [1.165, 1.54) is 11.3 Å². The molecule has 0 aliphatic carbocycles. The lowest BCUT2D eigenvalue weighted by Crippen LogP contribution is -2.43. The first-order chi connectivity index (χ1) is 19.2. The molecule has 3 N–H and O–H groups in total. The Hall–Kier alpha value is -4.63.